The molecule has 0 aromatic heterocycles. The minimum Gasteiger partial charge on any atom is -0.507 e. The summed E-state index contributed by atoms with van der Waals surface area (Å²) in [7, 11) is 0. The van der Waals surface area contributed by atoms with Crippen LogP contribution in [-0.4, -0.2) is 44.4 Å². The number of benzene rings is 2. The third-order valence-corrected chi connectivity index (χ3v) is 8.69. The molecule has 7 unspecified atom stereocenters. The van der Waals surface area contributed by atoms with Crippen molar-refractivity contribution in [1.82, 2.24) is 0 Å². The zero-order valence-corrected chi connectivity index (χ0v) is 20.1. The van der Waals surface area contributed by atoms with E-state index in [1.54, 1.807) is 13.0 Å². The number of allylic oxidation sites excluding steroid dienone is 1. The van der Waals surface area contributed by atoms with Gasteiger partial charge in [0.15, 0.2) is 17.2 Å². The number of Topliss-reactive ketones (excluding diaryl/α,β-unsaturated/α-hetero) is 3. The second kappa shape index (κ2) is 8.25. The van der Waals surface area contributed by atoms with Crippen LogP contribution in [-0.2, 0) is 16.0 Å². The van der Waals surface area contributed by atoms with Crippen LogP contribution in [0.2, 0.25) is 0 Å². The number of hydrogen-bond acceptors (Lipinski definition) is 6. The molecule has 35 heavy (non-hydrogen) atoms. The number of rotatable bonds is 3. The Kier molecular flexibility index (Phi) is 5.57. The summed E-state index contributed by atoms with van der Waals surface area (Å²) in [6.45, 7) is 4.93. The summed E-state index contributed by atoms with van der Waals surface area (Å²) in [5.41, 5.74) is 0.205. The molecule has 6 heteroatoms. The molecule has 0 radical (unpaired) electrons. The third kappa shape index (κ3) is 3.27. The number of aliphatic hydroxyl groups excluding tert-OH is 1. The molecule has 0 heterocycles. The first-order valence-corrected chi connectivity index (χ1v) is 12.1. The molecular formula is C29H30O6. The predicted octanol–water partition coefficient (Wildman–Crippen LogP) is 3.38. The summed E-state index contributed by atoms with van der Waals surface area (Å²) in [4.78, 5) is 39.6. The van der Waals surface area contributed by atoms with Crippen molar-refractivity contribution in [3.8, 4) is 5.75 Å². The SMILES string of the molecule is CC(=O)C1=C(C)CC2C(C)C3C(Cc4ccccc4)c4cccc(O)c4C(=O)C3C(O)C2(O)C1=O. The van der Waals surface area contributed by atoms with Crippen LogP contribution in [0.25, 0.3) is 0 Å². The molecule has 3 N–H and O–H groups in total. The van der Waals surface area contributed by atoms with Crippen LogP contribution in [0.5, 0.6) is 5.75 Å². The summed E-state index contributed by atoms with van der Waals surface area (Å²) in [6.07, 6.45) is -0.824. The maximum atomic E-state index is 13.8. The first-order chi connectivity index (χ1) is 16.6. The molecule has 3 aliphatic carbocycles. The molecule has 0 spiro atoms. The van der Waals surface area contributed by atoms with Crippen molar-refractivity contribution in [2.75, 3.05) is 0 Å². The van der Waals surface area contributed by atoms with Gasteiger partial charge in [-0.1, -0.05) is 55.0 Å². The van der Waals surface area contributed by atoms with Gasteiger partial charge in [0.1, 0.15) is 11.9 Å². The molecule has 1 saturated carbocycles. The number of ketones is 3. The Hall–Kier alpha value is -3.09. The van der Waals surface area contributed by atoms with Gasteiger partial charge in [-0.2, -0.15) is 0 Å². The van der Waals surface area contributed by atoms with Crippen LogP contribution < -0.4 is 0 Å². The Balaban J connectivity index is 1.70. The van der Waals surface area contributed by atoms with Crippen molar-refractivity contribution < 1.29 is 29.7 Å². The molecular weight excluding hydrogens is 444 g/mol. The maximum Gasteiger partial charge on any atom is 0.200 e. The van der Waals surface area contributed by atoms with Crippen molar-refractivity contribution in [2.24, 2.45) is 23.7 Å². The Morgan fingerprint density at radius 2 is 1.77 bits per heavy atom. The first-order valence-electron chi connectivity index (χ1n) is 12.1. The van der Waals surface area contributed by atoms with Gasteiger partial charge < -0.3 is 15.3 Å². The van der Waals surface area contributed by atoms with E-state index >= 15 is 0 Å². The largest absolute Gasteiger partial charge is 0.507 e. The fraction of sp³-hybridized carbons (Fsp3) is 0.414. The Morgan fingerprint density at radius 3 is 2.43 bits per heavy atom. The number of carbonyl (C=O) groups excluding carboxylic acids is 3. The van der Waals surface area contributed by atoms with Gasteiger partial charge in [0.2, 0.25) is 5.78 Å². The Morgan fingerprint density at radius 1 is 1.09 bits per heavy atom. The summed E-state index contributed by atoms with van der Waals surface area (Å²) >= 11 is 0. The van der Waals surface area contributed by atoms with Crippen LogP contribution in [0.4, 0.5) is 0 Å². The average molecular weight is 475 g/mol. The van der Waals surface area contributed by atoms with Crippen molar-refractivity contribution in [3.05, 3.63) is 76.4 Å². The molecule has 0 saturated heterocycles. The lowest BCUT2D eigenvalue weighted by atomic mass is 9.47. The van der Waals surface area contributed by atoms with E-state index in [1.807, 2.05) is 43.3 Å². The maximum absolute atomic E-state index is 13.8. The zero-order valence-electron chi connectivity index (χ0n) is 20.1. The molecule has 0 amide bonds. The fourth-order valence-electron chi connectivity index (χ4n) is 7.19. The monoisotopic (exact) mass is 474 g/mol. The smallest absolute Gasteiger partial charge is 0.200 e. The highest BCUT2D eigenvalue weighted by atomic mass is 16.4. The van der Waals surface area contributed by atoms with Crippen LogP contribution in [0, 0.1) is 23.7 Å². The molecule has 0 bridgehead atoms. The van der Waals surface area contributed by atoms with Gasteiger partial charge in [-0.3, -0.25) is 14.4 Å². The number of carbonyl (C=O) groups is 3. The highest BCUT2D eigenvalue weighted by Gasteiger charge is 2.66. The van der Waals surface area contributed by atoms with Gasteiger partial charge in [-0.05, 0) is 61.6 Å². The molecule has 5 rings (SSSR count). The van der Waals surface area contributed by atoms with E-state index in [4.69, 9.17) is 0 Å². The van der Waals surface area contributed by atoms with Crippen molar-refractivity contribution in [2.45, 2.75) is 51.2 Å². The van der Waals surface area contributed by atoms with Crippen molar-refractivity contribution in [3.63, 3.8) is 0 Å². The predicted molar refractivity (Wildman–Crippen MR) is 129 cm³/mol. The number of hydrogen-bond donors (Lipinski definition) is 3. The van der Waals surface area contributed by atoms with Crippen molar-refractivity contribution in [1.29, 1.82) is 0 Å². The normalized spacial score (nSPS) is 34.2. The molecule has 2 aromatic rings. The number of fused-ring (bicyclic) bond motifs is 3. The van der Waals surface area contributed by atoms with Gasteiger partial charge in [0.25, 0.3) is 0 Å². The third-order valence-electron chi connectivity index (χ3n) is 8.69. The zero-order chi connectivity index (χ0) is 25.2. The van der Waals surface area contributed by atoms with Crippen LogP contribution in [0.1, 0.15) is 54.6 Å². The van der Waals surface area contributed by atoms with Gasteiger partial charge in [0.05, 0.1) is 17.1 Å². The number of phenols is 1. The number of phenolic OH excluding ortho intramolecular Hbond substituents is 1. The lowest BCUT2D eigenvalue weighted by Crippen LogP contribution is -2.69. The van der Waals surface area contributed by atoms with E-state index in [-0.39, 0.29) is 41.1 Å². The van der Waals surface area contributed by atoms with Crippen LogP contribution in [0.3, 0.4) is 0 Å². The van der Waals surface area contributed by atoms with E-state index in [2.05, 4.69) is 0 Å². The minimum absolute atomic E-state index is 0.0826. The van der Waals surface area contributed by atoms with E-state index in [0.29, 0.717) is 12.0 Å². The highest BCUT2D eigenvalue weighted by Crippen LogP contribution is 2.58. The quantitative estimate of drug-likeness (QED) is 0.588. The molecule has 0 aliphatic heterocycles. The van der Waals surface area contributed by atoms with E-state index in [9.17, 15) is 29.7 Å². The van der Waals surface area contributed by atoms with E-state index < -0.39 is 40.9 Å². The van der Waals surface area contributed by atoms with Gasteiger partial charge in [-0.25, -0.2) is 0 Å². The summed E-state index contributed by atoms with van der Waals surface area (Å²) in [5, 5.41) is 34.0. The Bertz CT molecular complexity index is 1260. The van der Waals surface area contributed by atoms with Gasteiger partial charge in [-0.15, -0.1) is 0 Å². The second-order valence-electron chi connectivity index (χ2n) is 10.5. The van der Waals surface area contributed by atoms with Gasteiger partial charge >= 0.3 is 0 Å². The molecule has 1 fully saturated rings. The molecule has 2 aromatic carbocycles. The summed E-state index contributed by atoms with van der Waals surface area (Å²) < 4.78 is 0. The number of aromatic hydroxyl groups is 1. The van der Waals surface area contributed by atoms with Gasteiger partial charge in [0, 0.05) is 5.92 Å². The molecule has 3 aliphatic rings. The first kappa shape index (κ1) is 23.6. The summed E-state index contributed by atoms with van der Waals surface area (Å²) in [5.74, 6) is -4.52. The lowest BCUT2D eigenvalue weighted by Gasteiger charge is -2.57. The van der Waals surface area contributed by atoms with Crippen LogP contribution >= 0.6 is 0 Å². The molecule has 7 atom stereocenters. The van der Waals surface area contributed by atoms with Crippen molar-refractivity contribution >= 4 is 17.3 Å². The van der Waals surface area contributed by atoms with Crippen LogP contribution in [0.15, 0.2) is 59.7 Å². The van der Waals surface area contributed by atoms with E-state index in [0.717, 1.165) is 11.1 Å². The molecule has 182 valence electrons. The Labute approximate surface area is 204 Å². The van der Waals surface area contributed by atoms with E-state index in [1.165, 1.54) is 13.0 Å². The number of aliphatic hydroxyl groups is 2. The standard InChI is InChI=1S/C29H30O6/c1-14-12-20-15(2)23-19(13-17-8-5-4-6-9-17)18-10-7-11-21(31)24(18)26(32)25(23)28(34)29(20,35)27(33)22(14)16(3)30/h4-11,15,19-20,23,25,28,31,34-35H,12-13H2,1-3H3. The second-order valence-corrected chi connectivity index (χ2v) is 10.5. The average Bonchev–Trinajstić information content (AvgIpc) is 2.81. The fourth-order valence-corrected chi connectivity index (χ4v) is 7.19. The summed E-state index contributed by atoms with van der Waals surface area (Å²) in [6, 6.07) is 14.8. The minimum atomic E-state index is -2.24. The lowest BCUT2D eigenvalue weighted by molar-refractivity contribution is -0.194. The molecule has 6 nitrogen and oxygen atoms in total. The topological polar surface area (TPSA) is 112 Å². The highest BCUT2D eigenvalue weighted by molar-refractivity contribution is 6.24.